The van der Waals surface area contributed by atoms with Gasteiger partial charge < -0.3 is 20.3 Å². The maximum atomic E-state index is 11.9. The minimum Gasteiger partial charge on any atom is -0.422 e. The highest BCUT2D eigenvalue weighted by molar-refractivity contribution is 7.14. The summed E-state index contributed by atoms with van der Waals surface area (Å²) >= 11 is 14.4. The van der Waals surface area contributed by atoms with E-state index >= 15 is 0 Å². The summed E-state index contributed by atoms with van der Waals surface area (Å²) in [4.78, 5) is 31.9. The Morgan fingerprint density at radius 1 is 0.667 bits per heavy atom. The van der Waals surface area contributed by atoms with Gasteiger partial charge in [0.15, 0.2) is 10.3 Å². The molecule has 0 atom stereocenters. The van der Waals surface area contributed by atoms with Gasteiger partial charge in [-0.1, -0.05) is 23.2 Å². The number of halogens is 2. The van der Waals surface area contributed by atoms with E-state index in [9.17, 15) is 9.59 Å². The highest BCUT2D eigenvalue weighted by Crippen LogP contribution is 2.26. The van der Waals surface area contributed by atoms with Crippen LogP contribution >= 0.6 is 45.9 Å². The van der Waals surface area contributed by atoms with E-state index in [2.05, 4.69) is 9.97 Å². The van der Waals surface area contributed by atoms with Gasteiger partial charge in [-0.15, -0.1) is 22.7 Å². The predicted octanol–water partition coefficient (Wildman–Crippen LogP) is 6.30. The predicted molar refractivity (Wildman–Crippen MR) is 146 cm³/mol. The Balaban J connectivity index is 0.000000148. The molecule has 0 aliphatic rings. The summed E-state index contributed by atoms with van der Waals surface area (Å²) in [6, 6.07) is 13.6. The van der Waals surface area contributed by atoms with Gasteiger partial charge in [0.05, 0.1) is 22.5 Å². The van der Waals surface area contributed by atoms with Crippen molar-refractivity contribution < 1.29 is 8.83 Å². The summed E-state index contributed by atoms with van der Waals surface area (Å²) < 4.78 is 10.4. The Morgan fingerprint density at radius 2 is 1.08 bits per heavy atom. The molecule has 4 heterocycles. The Morgan fingerprint density at radius 3 is 1.44 bits per heavy atom. The van der Waals surface area contributed by atoms with Crippen molar-refractivity contribution in [1.82, 2.24) is 9.97 Å². The third kappa shape index (κ3) is 4.98. The molecule has 2 aromatic carbocycles. The molecule has 0 fully saturated rings. The lowest BCUT2D eigenvalue weighted by atomic mass is 10.1. The van der Waals surface area contributed by atoms with Crippen LogP contribution in [0.25, 0.3) is 44.5 Å². The fourth-order valence-corrected chi connectivity index (χ4v) is 4.86. The van der Waals surface area contributed by atoms with E-state index in [-0.39, 0.29) is 0 Å². The zero-order valence-corrected chi connectivity index (χ0v) is 21.2. The molecule has 0 amide bonds. The quantitative estimate of drug-likeness (QED) is 0.237. The summed E-state index contributed by atoms with van der Waals surface area (Å²) in [6.07, 6.45) is 0. The zero-order chi connectivity index (χ0) is 25.4. The Kier molecular flexibility index (Phi) is 6.50. The fourth-order valence-electron chi connectivity index (χ4n) is 3.37. The van der Waals surface area contributed by atoms with Crippen LogP contribution in [0.2, 0.25) is 10.0 Å². The molecule has 180 valence electrons. The third-order valence-electron chi connectivity index (χ3n) is 4.98. The minimum atomic E-state index is -0.435. The van der Waals surface area contributed by atoms with Crippen molar-refractivity contribution in [2.45, 2.75) is 0 Å². The lowest BCUT2D eigenvalue weighted by molar-refractivity contribution is 0.563. The number of aromatic nitrogens is 2. The topological polar surface area (TPSA) is 138 Å². The standard InChI is InChI=1S/2C12H7ClN2O2S/c2*13-7-1-2-10-6(3-7)4-8(11(16)17-10)9-5-18-12(14)15-9/h2*1-5H,(H2,14,15). The van der Waals surface area contributed by atoms with Crippen molar-refractivity contribution in [3.63, 3.8) is 0 Å². The van der Waals surface area contributed by atoms with Crippen LogP contribution in [0.5, 0.6) is 0 Å². The molecule has 0 aliphatic carbocycles. The number of rotatable bonds is 2. The molecule has 12 heteroatoms. The van der Waals surface area contributed by atoms with E-state index in [4.69, 9.17) is 43.5 Å². The molecule has 0 saturated heterocycles. The smallest absolute Gasteiger partial charge is 0.345 e. The monoisotopic (exact) mass is 556 g/mol. The van der Waals surface area contributed by atoms with Crippen LogP contribution in [0.3, 0.4) is 0 Å². The summed E-state index contributed by atoms with van der Waals surface area (Å²) in [6.45, 7) is 0. The molecule has 6 aromatic rings. The van der Waals surface area contributed by atoms with Gasteiger partial charge in [-0.25, -0.2) is 19.6 Å². The van der Waals surface area contributed by atoms with Crippen LogP contribution in [0, 0.1) is 0 Å². The number of thiazole rings is 2. The zero-order valence-electron chi connectivity index (χ0n) is 18.0. The Bertz CT molecular complexity index is 1720. The molecule has 0 aliphatic heterocycles. The number of benzene rings is 2. The summed E-state index contributed by atoms with van der Waals surface area (Å²) in [7, 11) is 0. The molecule has 6 rings (SSSR count). The van der Waals surface area contributed by atoms with E-state index in [0.29, 0.717) is 54.0 Å². The molecule has 36 heavy (non-hydrogen) atoms. The van der Waals surface area contributed by atoms with Crippen molar-refractivity contribution >= 4 is 78.1 Å². The van der Waals surface area contributed by atoms with Crippen LogP contribution in [-0.4, -0.2) is 9.97 Å². The van der Waals surface area contributed by atoms with Crippen LogP contribution in [0.15, 0.2) is 77.7 Å². The summed E-state index contributed by atoms with van der Waals surface area (Å²) in [5.41, 5.74) is 13.1. The number of hydrogen-bond acceptors (Lipinski definition) is 10. The Labute approximate surface area is 220 Å². The van der Waals surface area contributed by atoms with Gasteiger partial charge >= 0.3 is 11.3 Å². The largest absolute Gasteiger partial charge is 0.422 e. The maximum Gasteiger partial charge on any atom is 0.345 e. The first-order chi connectivity index (χ1) is 17.3. The van der Waals surface area contributed by atoms with Gasteiger partial charge in [-0.2, -0.15) is 0 Å². The minimum absolute atomic E-state index is 0.387. The lowest BCUT2D eigenvalue weighted by Crippen LogP contribution is -2.02. The SMILES string of the molecule is Nc1nc(-c2cc3cc(Cl)ccc3oc2=O)cs1.Nc1nc(-c2cc3cc(Cl)ccc3oc2=O)cs1. The molecule has 4 aromatic heterocycles. The number of fused-ring (bicyclic) bond motifs is 2. The highest BCUT2D eigenvalue weighted by atomic mass is 35.5. The molecule has 8 nitrogen and oxygen atoms in total. The highest BCUT2D eigenvalue weighted by Gasteiger charge is 2.12. The first-order valence-corrected chi connectivity index (χ1v) is 12.7. The molecular formula is C24H14Cl2N4O4S2. The summed E-state index contributed by atoms with van der Waals surface area (Å²) in [5, 5.41) is 6.94. The van der Waals surface area contributed by atoms with E-state index in [0.717, 1.165) is 10.8 Å². The van der Waals surface area contributed by atoms with Crippen molar-refractivity contribution in [2.75, 3.05) is 11.5 Å². The fraction of sp³-hybridized carbons (Fsp3) is 0. The van der Waals surface area contributed by atoms with Crippen molar-refractivity contribution in [1.29, 1.82) is 0 Å². The van der Waals surface area contributed by atoms with Crippen molar-refractivity contribution in [2.24, 2.45) is 0 Å². The van der Waals surface area contributed by atoms with Crippen LogP contribution in [-0.2, 0) is 0 Å². The van der Waals surface area contributed by atoms with Crippen LogP contribution in [0.4, 0.5) is 10.3 Å². The maximum absolute atomic E-state index is 11.9. The molecule has 4 N–H and O–H groups in total. The second kappa shape index (κ2) is 9.75. The molecule has 0 saturated carbocycles. The van der Waals surface area contributed by atoms with E-state index < -0.39 is 11.3 Å². The van der Waals surface area contributed by atoms with Crippen molar-refractivity contribution in [3.05, 3.63) is 90.2 Å². The first-order valence-electron chi connectivity index (χ1n) is 10.2. The average Bonchev–Trinajstić information content (AvgIpc) is 3.47. The van der Waals surface area contributed by atoms with E-state index in [1.165, 1.54) is 22.7 Å². The number of hydrogen-bond donors (Lipinski definition) is 2. The second-order valence-electron chi connectivity index (χ2n) is 7.40. The van der Waals surface area contributed by atoms with Gasteiger partial charge in [0.1, 0.15) is 11.2 Å². The lowest BCUT2D eigenvalue weighted by Gasteiger charge is -2.00. The van der Waals surface area contributed by atoms with Gasteiger partial charge in [-0.3, -0.25) is 0 Å². The Hall–Kier alpha value is -3.70. The molecular weight excluding hydrogens is 543 g/mol. The molecule has 0 radical (unpaired) electrons. The van der Waals surface area contributed by atoms with Gasteiger partial charge in [-0.05, 0) is 48.5 Å². The van der Waals surface area contributed by atoms with Gasteiger partial charge in [0.2, 0.25) is 0 Å². The first kappa shape index (κ1) is 24.0. The number of nitrogens with zero attached hydrogens (tertiary/aromatic N) is 2. The third-order valence-corrected chi connectivity index (χ3v) is 6.80. The van der Waals surface area contributed by atoms with Gasteiger partial charge in [0, 0.05) is 31.6 Å². The second-order valence-corrected chi connectivity index (χ2v) is 10.1. The molecule has 0 bridgehead atoms. The number of nitrogens with two attached hydrogens (primary N) is 2. The van der Waals surface area contributed by atoms with Gasteiger partial charge in [0.25, 0.3) is 0 Å². The molecule has 0 spiro atoms. The average molecular weight is 557 g/mol. The van der Waals surface area contributed by atoms with E-state index in [1.54, 1.807) is 59.3 Å². The number of anilines is 2. The van der Waals surface area contributed by atoms with E-state index in [1.807, 2.05) is 0 Å². The van der Waals surface area contributed by atoms with Crippen LogP contribution in [0.1, 0.15) is 0 Å². The number of nitrogen functional groups attached to an aromatic ring is 2. The summed E-state index contributed by atoms with van der Waals surface area (Å²) in [5.74, 6) is 0. The normalized spacial score (nSPS) is 10.9. The van der Waals surface area contributed by atoms with Crippen LogP contribution < -0.4 is 22.7 Å². The van der Waals surface area contributed by atoms with Crippen molar-refractivity contribution in [3.8, 4) is 22.5 Å². The molecule has 0 unspecified atom stereocenters.